The second kappa shape index (κ2) is 7.88. The van der Waals surface area contributed by atoms with Crippen molar-refractivity contribution in [3.63, 3.8) is 0 Å². The number of ether oxygens (including phenoxy) is 1. The van der Waals surface area contributed by atoms with Gasteiger partial charge in [0, 0.05) is 18.0 Å². The summed E-state index contributed by atoms with van der Waals surface area (Å²) in [5, 5.41) is 7.86. The van der Waals surface area contributed by atoms with E-state index in [0.717, 1.165) is 23.6 Å². The molecule has 0 aliphatic carbocycles. The van der Waals surface area contributed by atoms with Crippen LogP contribution in [0.3, 0.4) is 0 Å². The van der Waals surface area contributed by atoms with Crippen LogP contribution in [-0.2, 0) is 13.0 Å². The van der Waals surface area contributed by atoms with Crippen molar-refractivity contribution in [2.24, 2.45) is 5.73 Å². The van der Waals surface area contributed by atoms with E-state index in [0.29, 0.717) is 42.2 Å². The van der Waals surface area contributed by atoms with Gasteiger partial charge in [-0.2, -0.15) is 19.7 Å². The molecule has 1 amide bonds. The average molecular weight is 436 g/mol. The second-order valence-corrected chi connectivity index (χ2v) is 7.40. The highest BCUT2D eigenvalue weighted by atomic mass is 19.1. The molecule has 0 spiro atoms. The molecule has 3 heterocycles. The second-order valence-electron chi connectivity index (χ2n) is 7.40. The number of rotatable bonds is 5. The standard InChI is InChI=1S/C22H18F2N6O2/c23-13-4-1-3-12(7-13)10-26-20-15-5-2-6-32-21(15)29-22(28-20)30-18-9-14(24)8-16(19(25)31)17(18)11-27-30/h1,3-4,7-9,11H,2,5-6,10H2,(H2,25,31)(H,26,28,29). The fourth-order valence-corrected chi connectivity index (χ4v) is 3.74. The Morgan fingerprint density at radius 2 is 2.06 bits per heavy atom. The number of carbonyl (C=O) groups is 1. The maximum atomic E-state index is 14.2. The lowest BCUT2D eigenvalue weighted by Gasteiger charge is -2.20. The average Bonchev–Trinajstić information content (AvgIpc) is 3.20. The van der Waals surface area contributed by atoms with Gasteiger partial charge in [0.25, 0.3) is 5.95 Å². The van der Waals surface area contributed by atoms with Crippen molar-refractivity contribution in [2.75, 3.05) is 11.9 Å². The summed E-state index contributed by atoms with van der Waals surface area (Å²) in [6.45, 7) is 0.841. The minimum absolute atomic E-state index is 0.0184. The van der Waals surface area contributed by atoms with Gasteiger partial charge in [-0.15, -0.1) is 0 Å². The van der Waals surface area contributed by atoms with Crippen LogP contribution >= 0.6 is 0 Å². The van der Waals surface area contributed by atoms with Gasteiger partial charge in [-0.25, -0.2) is 8.78 Å². The topological polar surface area (TPSA) is 108 Å². The van der Waals surface area contributed by atoms with Crippen LogP contribution in [0.15, 0.2) is 42.6 Å². The summed E-state index contributed by atoms with van der Waals surface area (Å²) < 4.78 is 34.8. The highest BCUT2D eigenvalue weighted by Gasteiger charge is 2.22. The van der Waals surface area contributed by atoms with Crippen LogP contribution in [0.4, 0.5) is 14.6 Å². The van der Waals surface area contributed by atoms with Crippen molar-refractivity contribution in [1.82, 2.24) is 19.7 Å². The number of carbonyl (C=O) groups excluding carboxylic acids is 1. The van der Waals surface area contributed by atoms with Gasteiger partial charge in [-0.05, 0) is 36.6 Å². The Bertz CT molecular complexity index is 1350. The molecule has 0 saturated carbocycles. The number of benzene rings is 2. The van der Waals surface area contributed by atoms with E-state index in [1.165, 1.54) is 29.1 Å². The monoisotopic (exact) mass is 436 g/mol. The number of hydrogen-bond acceptors (Lipinski definition) is 6. The minimum Gasteiger partial charge on any atom is -0.477 e. The number of primary amides is 1. The summed E-state index contributed by atoms with van der Waals surface area (Å²) in [5.41, 5.74) is 7.25. The zero-order valence-corrected chi connectivity index (χ0v) is 16.8. The van der Waals surface area contributed by atoms with E-state index in [1.54, 1.807) is 12.1 Å². The molecule has 10 heteroatoms. The van der Waals surface area contributed by atoms with Crippen molar-refractivity contribution in [3.05, 3.63) is 70.9 Å². The largest absolute Gasteiger partial charge is 0.477 e. The summed E-state index contributed by atoms with van der Waals surface area (Å²) >= 11 is 0. The molecule has 1 aliphatic heterocycles. The molecule has 0 unspecified atom stereocenters. The number of nitrogens with zero attached hydrogens (tertiary/aromatic N) is 4. The van der Waals surface area contributed by atoms with Gasteiger partial charge in [0.05, 0.1) is 29.4 Å². The van der Waals surface area contributed by atoms with E-state index in [9.17, 15) is 13.6 Å². The number of aromatic nitrogens is 4. The molecular formula is C22H18F2N6O2. The summed E-state index contributed by atoms with van der Waals surface area (Å²) in [7, 11) is 0. The first-order valence-electron chi connectivity index (χ1n) is 9.99. The highest BCUT2D eigenvalue weighted by Crippen LogP contribution is 2.31. The third-order valence-electron chi connectivity index (χ3n) is 5.22. The minimum atomic E-state index is -0.763. The fourth-order valence-electron chi connectivity index (χ4n) is 3.74. The summed E-state index contributed by atoms with van der Waals surface area (Å²) in [6, 6.07) is 8.56. The van der Waals surface area contributed by atoms with E-state index >= 15 is 0 Å². The Morgan fingerprint density at radius 3 is 2.88 bits per heavy atom. The molecule has 2 aromatic carbocycles. The maximum Gasteiger partial charge on any atom is 0.256 e. The number of fused-ring (bicyclic) bond motifs is 2. The van der Waals surface area contributed by atoms with Crippen LogP contribution in [0.5, 0.6) is 5.88 Å². The first-order chi connectivity index (χ1) is 15.5. The van der Waals surface area contributed by atoms with Gasteiger partial charge in [0.15, 0.2) is 0 Å². The molecule has 1 aliphatic rings. The number of anilines is 1. The Hall–Kier alpha value is -4.08. The van der Waals surface area contributed by atoms with Crippen LogP contribution in [0.25, 0.3) is 16.9 Å². The molecule has 0 bridgehead atoms. The summed E-state index contributed by atoms with van der Waals surface area (Å²) in [4.78, 5) is 20.8. The van der Waals surface area contributed by atoms with Crippen LogP contribution in [0.1, 0.15) is 27.9 Å². The van der Waals surface area contributed by atoms with Crippen molar-refractivity contribution < 1.29 is 18.3 Å². The molecule has 162 valence electrons. The van der Waals surface area contributed by atoms with E-state index < -0.39 is 11.7 Å². The van der Waals surface area contributed by atoms with Gasteiger partial charge in [0.2, 0.25) is 11.8 Å². The molecule has 8 nitrogen and oxygen atoms in total. The van der Waals surface area contributed by atoms with Crippen LogP contribution in [0.2, 0.25) is 0 Å². The number of hydrogen-bond donors (Lipinski definition) is 2. The molecule has 2 aromatic heterocycles. The van der Waals surface area contributed by atoms with Crippen molar-refractivity contribution in [3.8, 4) is 11.8 Å². The van der Waals surface area contributed by atoms with E-state index in [2.05, 4.69) is 20.4 Å². The van der Waals surface area contributed by atoms with Crippen molar-refractivity contribution in [1.29, 1.82) is 0 Å². The molecule has 0 atom stereocenters. The smallest absolute Gasteiger partial charge is 0.256 e. The Balaban J connectivity index is 1.59. The number of halogens is 2. The number of nitrogens with two attached hydrogens (primary N) is 1. The lowest BCUT2D eigenvalue weighted by atomic mass is 10.1. The molecule has 32 heavy (non-hydrogen) atoms. The first-order valence-corrected chi connectivity index (χ1v) is 9.99. The predicted molar refractivity (Wildman–Crippen MR) is 113 cm³/mol. The van der Waals surface area contributed by atoms with Gasteiger partial charge >= 0.3 is 0 Å². The van der Waals surface area contributed by atoms with Crippen molar-refractivity contribution in [2.45, 2.75) is 19.4 Å². The van der Waals surface area contributed by atoms with Crippen molar-refractivity contribution >= 4 is 22.6 Å². The van der Waals surface area contributed by atoms with Gasteiger partial charge in [0.1, 0.15) is 17.5 Å². The third-order valence-corrected chi connectivity index (χ3v) is 5.22. The first kappa shape index (κ1) is 19.9. The molecular weight excluding hydrogens is 418 g/mol. The third kappa shape index (κ3) is 3.59. The molecule has 0 fully saturated rings. The molecule has 5 rings (SSSR count). The van der Waals surface area contributed by atoms with E-state index in [1.807, 2.05) is 0 Å². The highest BCUT2D eigenvalue weighted by molar-refractivity contribution is 6.05. The lowest BCUT2D eigenvalue weighted by Crippen LogP contribution is -2.17. The summed E-state index contributed by atoms with van der Waals surface area (Å²) in [5.74, 6) is -0.660. The molecule has 4 aromatic rings. The van der Waals surface area contributed by atoms with E-state index in [4.69, 9.17) is 10.5 Å². The lowest BCUT2D eigenvalue weighted by molar-refractivity contribution is 0.100. The van der Waals surface area contributed by atoms with Gasteiger partial charge < -0.3 is 15.8 Å². The molecule has 0 radical (unpaired) electrons. The molecule has 3 N–H and O–H groups in total. The Morgan fingerprint density at radius 1 is 1.19 bits per heavy atom. The fraction of sp³-hybridized carbons (Fsp3) is 0.182. The normalized spacial score (nSPS) is 12.9. The zero-order valence-electron chi connectivity index (χ0n) is 16.8. The Labute approximate surface area is 181 Å². The SMILES string of the molecule is NC(=O)c1cc(F)cc2c1cnn2-c1nc(NCc2cccc(F)c2)c2c(n1)OCCC2. The zero-order chi connectivity index (χ0) is 22.2. The quantitative estimate of drug-likeness (QED) is 0.498. The van der Waals surface area contributed by atoms with E-state index in [-0.39, 0.29) is 17.3 Å². The number of nitrogens with one attached hydrogen (secondary N) is 1. The Kier molecular flexibility index (Phi) is 4.89. The van der Waals surface area contributed by atoms with Crippen LogP contribution in [-0.4, -0.2) is 32.3 Å². The van der Waals surface area contributed by atoms with Gasteiger partial charge in [-0.1, -0.05) is 12.1 Å². The maximum absolute atomic E-state index is 14.2. The van der Waals surface area contributed by atoms with Gasteiger partial charge in [-0.3, -0.25) is 4.79 Å². The summed E-state index contributed by atoms with van der Waals surface area (Å²) in [6.07, 6.45) is 2.93. The predicted octanol–water partition coefficient (Wildman–Crippen LogP) is 3.13. The molecule has 0 saturated heterocycles. The number of amides is 1. The van der Waals surface area contributed by atoms with Crippen LogP contribution in [0, 0.1) is 11.6 Å². The van der Waals surface area contributed by atoms with Crippen LogP contribution < -0.4 is 15.8 Å².